The molecule has 0 amide bonds. The van der Waals surface area contributed by atoms with Gasteiger partial charge in [0.15, 0.2) is 12.2 Å². The minimum absolute atomic E-state index is 0.101. The predicted molar refractivity (Wildman–Crippen MR) is 367 cm³/mol. The number of unbranched alkanes of at least 4 members (excludes halogenated alkanes) is 34. The van der Waals surface area contributed by atoms with Crippen LogP contribution in [0, 0.1) is 23.7 Å². The molecule has 0 aromatic heterocycles. The number of aliphatic hydroxyl groups excluding tert-OH is 1. The van der Waals surface area contributed by atoms with E-state index in [2.05, 4.69) is 55.4 Å². The Morgan fingerprint density at radius 2 is 0.527 bits per heavy atom. The molecule has 0 spiro atoms. The zero-order chi connectivity index (χ0) is 67.5. The first kappa shape index (κ1) is 89.1. The number of esters is 4. The van der Waals surface area contributed by atoms with Gasteiger partial charge in [0.1, 0.15) is 19.3 Å². The van der Waals surface area contributed by atoms with Crippen molar-refractivity contribution in [2.24, 2.45) is 23.7 Å². The lowest BCUT2D eigenvalue weighted by atomic mass is 9.99. The summed E-state index contributed by atoms with van der Waals surface area (Å²) in [5.74, 6) is 0.860. The van der Waals surface area contributed by atoms with Crippen LogP contribution in [0.15, 0.2) is 0 Å². The standard InChI is InChI=1S/C72H140O17P2/c1-9-65(8)51-43-35-26-20-16-12-10-11-13-17-22-28-38-46-54-71(76)88-67(58-82-69(74)52-44-36-27-21-18-14-15-19-24-32-40-48-62(2)3)60-86-90(78,79)84-56-66(73)57-85-91(80,81)87-61-68(89-72(77)55-47-39-31-30-34-42-50-64(6)7)59-83-70(75)53-45-37-29-23-25-33-41-49-63(4)5/h62-68,73H,9-61H2,1-8H3,(H,78,79)(H,80,81)/t65?,66?,67-,68-/m1/s1. The quantitative estimate of drug-likeness (QED) is 0.0222. The van der Waals surface area contributed by atoms with Crippen molar-refractivity contribution in [3.05, 3.63) is 0 Å². The average Bonchev–Trinajstić information content (AvgIpc) is 3.50. The third-order valence-corrected chi connectivity index (χ3v) is 18.8. The number of hydrogen-bond donors (Lipinski definition) is 3. The van der Waals surface area contributed by atoms with Gasteiger partial charge in [-0.15, -0.1) is 0 Å². The molecule has 0 saturated carbocycles. The van der Waals surface area contributed by atoms with E-state index in [1.807, 2.05) is 0 Å². The summed E-state index contributed by atoms with van der Waals surface area (Å²) >= 11 is 0. The van der Waals surface area contributed by atoms with Crippen LogP contribution in [0.25, 0.3) is 0 Å². The lowest BCUT2D eigenvalue weighted by Gasteiger charge is -2.21. The molecule has 0 fully saturated rings. The molecule has 17 nitrogen and oxygen atoms in total. The number of ether oxygens (including phenoxy) is 4. The topological polar surface area (TPSA) is 237 Å². The zero-order valence-corrected chi connectivity index (χ0v) is 61.3. The van der Waals surface area contributed by atoms with Crippen molar-refractivity contribution in [1.29, 1.82) is 0 Å². The van der Waals surface area contributed by atoms with Crippen LogP contribution in [-0.4, -0.2) is 96.7 Å². The van der Waals surface area contributed by atoms with E-state index in [1.165, 1.54) is 154 Å². The van der Waals surface area contributed by atoms with Gasteiger partial charge in [0.25, 0.3) is 0 Å². The van der Waals surface area contributed by atoms with Crippen LogP contribution in [-0.2, 0) is 65.4 Å². The van der Waals surface area contributed by atoms with Crippen molar-refractivity contribution < 1.29 is 80.2 Å². The second-order valence-corrected chi connectivity index (χ2v) is 30.6. The monoisotopic (exact) mass is 1340 g/mol. The Bertz CT molecular complexity index is 1800. The molecular formula is C72H140O17P2. The second kappa shape index (κ2) is 61.6. The fraction of sp³-hybridized carbons (Fsp3) is 0.944. The minimum atomic E-state index is -4.95. The summed E-state index contributed by atoms with van der Waals surface area (Å²) in [6, 6.07) is 0. The fourth-order valence-corrected chi connectivity index (χ4v) is 12.4. The fourth-order valence-electron chi connectivity index (χ4n) is 10.8. The van der Waals surface area contributed by atoms with Crippen molar-refractivity contribution in [2.45, 2.75) is 375 Å². The largest absolute Gasteiger partial charge is 0.472 e. The van der Waals surface area contributed by atoms with Crippen LogP contribution in [0.5, 0.6) is 0 Å². The van der Waals surface area contributed by atoms with Crippen molar-refractivity contribution in [3.63, 3.8) is 0 Å². The van der Waals surface area contributed by atoms with Crippen molar-refractivity contribution in [1.82, 2.24) is 0 Å². The van der Waals surface area contributed by atoms with E-state index in [0.717, 1.165) is 108 Å². The minimum Gasteiger partial charge on any atom is -0.462 e. The third-order valence-electron chi connectivity index (χ3n) is 16.9. The summed E-state index contributed by atoms with van der Waals surface area (Å²) in [7, 11) is -9.90. The van der Waals surface area contributed by atoms with Gasteiger partial charge in [0.2, 0.25) is 0 Å². The summed E-state index contributed by atoms with van der Waals surface area (Å²) in [6.45, 7) is 14.1. The number of rotatable bonds is 69. The molecule has 4 unspecified atom stereocenters. The lowest BCUT2D eigenvalue weighted by Crippen LogP contribution is -2.30. The van der Waals surface area contributed by atoms with Gasteiger partial charge < -0.3 is 33.8 Å². The molecule has 91 heavy (non-hydrogen) atoms. The Balaban J connectivity index is 5.22. The maximum Gasteiger partial charge on any atom is 0.472 e. The average molecular weight is 1340 g/mol. The number of phosphoric ester groups is 2. The van der Waals surface area contributed by atoms with E-state index in [0.29, 0.717) is 37.5 Å². The van der Waals surface area contributed by atoms with E-state index in [4.69, 9.17) is 37.0 Å². The summed E-state index contributed by atoms with van der Waals surface area (Å²) < 4.78 is 68.3. The molecule has 0 aliphatic rings. The van der Waals surface area contributed by atoms with Crippen molar-refractivity contribution in [2.75, 3.05) is 39.6 Å². The van der Waals surface area contributed by atoms with Gasteiger partial charge in [0.05, 0.1) is 26.4 Å². The van der Waals surface area contributed by atoms with Gasteiger partial charge in [-0.2, -0.15) is 0 Å². The van der Waals surface area contributed by atoms with E-state index < -0.39 is 97.5 Å². The molecule has 3 N–H and O–H groups in total. The van der Waals surface area contributed by atoms with E-state index in [-0.39, 0.29) is 25.7 Å². The molecule has 0 heterocycles. The summed E-state index contributed by atoms with van der Waals surface area (Å²) in [5, 5.41) is 10.6. The molecule has 0 aromatic carbocycles. The Hall–Kier alpha value is -1.94. The van der Waals surface area contributed by atoms with Crippen LogP contribution < -0.4 is 0 Å². The molecule has 6 atom stereocenters. The molecule has 0 rings (SSSR count). The zero-order valence-electron chi connectivity index (χ0n) is 59.5. The Labute approximate surface area is 556 Å². The van der Waals surface area contributed by atoms with Gasteiger partial charge in [-0.3, -0.25) is 37.3 Å². The van der Waals surface area contributed by atoms with E-state index >= 15 is 0 Å². The molecule has 0 bridgehead atoms. The van der Waals surface area contributed by atoms with Crippen LogP contribution in [0.3, 0.4) is 0 Å². The highest BCUT2D eigenvalue weighted by molar-refractivity contribution is 7.47. The summed E-state index contributed by atoms with van der Waals surface area (Å²) in [5.41, 5.74) is 0. The van der Waals surface area contributed by atoms with E-state index in [1.54, 1.807) is 0 Å². The highest BCUT2D eigenvalue weighted by Gasteiger charge is 2.30. The number of phosphoric acid groups is 2. The van der Waals surface area contributed by atoms with Crippen LogP contribution in [0.4, 0.5) is 0 Å². The van der Waals surface area contributed by atoms with Crippen LogP contribution in [0.2, 0.25) is 0 Å². The van der Waals surface area contributed by atoms with Gasteiger partial charge >= 0.3 is 39.5 Å². The molecule has 0 saturated heterocycles. The Morgan fingerprint density at radius 3 is 0.780 bits per heavy atom. The molecule has 0 aliphatic carbocycles. The van der Waals surface area contributed by atoms with Gasteiger partial charge in [-0.05, 0) is 49.4 Å². The first-order chi connectivity index (χ1) is 43.6. The molecule has 0 radical (unpaired) electrons. The van der Waals surface area contributed by atoms with Crippen molar-refractivity contribution in [3.8, 4) is 0 Å². The molecule has 540 valence electrons. The van der Waals surface area contributed by atoms with Gasteiger partial charge in [-0.1, -0.05) is 306 Å². The number of aliphatic hydroxyl groups is 1. The summed E-state index contributed by atoms with van der Waals surface area (Å²) in [4.78, 5) is 72.5. The Kier molecular flexibility index (Phi) is 60.3. The number of carbonyl (C=O) groups excluding carboxylic acids is 4. The van der Waals surface area contributed by atoms with Crippen LogP contribution >= 0.6 is 15.6 Å². The first-order valence-electron chi connectivity index (χ1n) is 37.2. The molecular weight excluding hydrogens is 1200 g/mol. The normalized spacial score (nSPS) is 14.5. The smallest absolute Gasteiger partial charge is 0.462 e. The predicted octanol–water partition coefficient (Wildman–Crippen LogP) is 20.5. The third kappa shape index (κ3) is 65.1. The maximum atomic E-state index is 13.0. The molecule has 0 aliphatic heterocycles. The lowest BCUT2D eigenvalue weighted by molar-refractivity contribution is -0.161. The molecule has 19 heteroatoms. The number of carbonyl (C=O) groups is 4. The van der Waals surface area contributed by atoms with Crippen molar-refractivity contribution >= 4 is 39.5 Å². The number of hydrogen-bond acceptors (Lipinski definition) is 15. The highest BCUT2D eigenvalue weighted by Crippen LogP contribution is 2.45. The van der Waals surface area contributed by atoms with Gasteiger partial charge in [-0.25, -0.2) is 9.13 Å². The highest BCUT2D eigenvalue weighted by atomic mass is 31.2. The Morgan fingerprint density at radius 1 is 0.308 bits per heavy atom. The van der Waals surface area contributed by atoms with Gasteiger partial charge in [0, 0.05) is 25.7 Å². The second-order valence-electron chi connectivity index (χ2n) is 27.6. The maximum absolute atomic E-state index is 13.0. The van der Waals surface area contributed by atoms with E-state index in [9.17, 15) is 43.2 Å². The SMILES string of the molecule is CCC(C)CCCCCCCCCCCCCCCCC(=O)O[C@H](COC(=O)CCCCCCCCCCCCCC(C)C)COP(=O)(O)OCC(O)COP(=O)(O)OC[C@@H](COC(=O)CCCCCCCCCC(C)C)OC(=O)CCCCCCCCC(C)C. The molecule has 0 aromatic rings. The summed E-state index contributed by atoms with van der Waals surface area (Å²) in [6.07, 6.45) is 44.7. The first-order valence-corrected chi connectivity index (χ1v) is 40.2. The van der Waals surface area contributed by atoms with Crippen LogP contribution in [0.1, 0.15) is 357 Å².